The summed E-state index contributed by atoms with van der Waals surface area (Å²) in [5.74, 6) is -1.36. The fraction of sp³-hybridized carbons (Fsp3) is 0.467. The second-order valence-electron chi connectivity index (χ2n) is 4.75. The number of carbonyl (C=O) groups excluding carboxylic acids is 2. The zero-order chi connectivity index (χ0) is 15.0. The Morgan fingerprint density at radius 1 is 1.25 bits per heavy atom. The lowest BCUT2D eigenvalue weighted by atomic mass is 10.1. The number of nitrogens with one attached hydrogen (secondary N) is 2. The van der Waals surface area contributed by atoms with Gasteiger partial charge >= 0.3 is 11.8 Å². The van der Waals surface area contributed by atoms with E-state index in [4.69, 9.17) is 5.11 Å². The molecular formula is C15H22N2O3. The molecule has 1 atom stereocenters. The fourth-order valence-electron chi connectivity index (χ4n) is 1.78. The van der Waals surface area contributed by atoms with E-state index in [0.29, 0.717) is 12.1 Å². The van der Waals surface area contributed by atoms with Crippen molar-refractivity contribution in [1.82, 2.24) is 5.32 Å². The Morgan fingerprint density at radius 2 is 1.95 bits per heavy atom. The van der Waals surface area contributed by atoms with E-state index in [9.17, 15) is 9.59 Å². The molecule has 0 spiro atoms. The van der Waals surface area contributed by atoms with Crippen molar-refractivity contribution in [2.45, 2.75) is 39.2 Å². The van der Waals surface area contributed by atoms with Gasteiger partial charge in [0.15, 0.2) is 0 Å². The Kier molecular flexibility index (Phi) is 6.73. The van der Waals surface area contributed by atoms with Crippen molar-refractivity contribution in [3.05, 3.63) is 29.8 Å². The maximum absolute atomic E-state index is 11.8. The van der Waals surface area contributed by atoms with Gasteiger partial charge in [-0.1, -0.05) is 31.5 Å². The molecule has 1 rings (SSSR count). The maximum atomic E-state index is 11.8. The third-order valence-corrected chi connectivity index (χ3v) is 2.84. The van der Waals surface area contributed by atoms with E-state index in [2.05, 4.69) is 17.6 Å². The minimum absolute atomic E-state index is 0.278. The molecule has 1 unspecified atom stereocenters. The van der Waals surface area contributed by atoms with Crippen LogP contribution < -0.4 is 10.6 Å². The number of hydrogen-bond acceptors (Lipinski definition) is 3. The lowest BCUT2D eigenvalue weighted by Gasteiger charge is -2.10. The quantitative estimate of drug-likeness (QED) is 0.689. The van der Waals surface area contributed by atoms with E-state index in [-0.39, 0.29) is 6.54 Å². The number of rotatable bonds is 6. The zero-order valence-electron chi connectivity index (χ0n) is 12.0. The number of amides is 2. The minimum atomic E-state index is -0.683. The summed E-state index contributed by atoms with van der Waals surface area (Å²) in [4.78, 5) is 23.4. The molecule has 5 nitrogen and oxygen atoms in total. The van der Waals surface area contributed by atoms with E-state index in [0.717, 1.165) is 18.4 Å². The lowest BCUT2D eigenvalue weighted by Crippen LogP contribution is -2.36. The summed E-state index contributed by atoms with van der Waals surface area (Å²) in [5.41, 5.74) is 1.69. The smallest absolute Gasteiger partial charge is 0.313 e. The number of benzene rings is 1. The van der Waals surface area contributed by atoms with Crippen molar-refractivity contribution in [3.8, 4) is 0 Å². The van der Waals surface area contributed by atoms with Gasteiger partial charge in [0, 0.05) is 12.2 Å². The van der Waals surface area contributed by atoms with Crippen LogP contribution in [0.5, 0.6) is 0 Å². The van der Waals surface area contributed by atoms with Gasteiger partial charge in [0.05, 0.1) is 6.10 Å². The molecule has 0 saturated carbocycles. The Balaban J connectivity index is 2.55. The summed E-state index contributed by atoms with van der Waals surface area (Å²) in [6.07, 6.45) is 1.74. The average molecular weight is 278 g/mol. The van der Waals surface area contributed by atoms with Crippen molar-refractivity contribution in [1.29, 1.82) is 0 Å². The third-order valence-electron chi connectivity index (χ3n) is 2.84. The van der Waals surface area contributed by atoms with E-state index in [1.165, 1.54) is 0 Å². The molecule has 1 aromatic carbocycles. The molecule has 0 aliphatic carbocycles. The van der Waals surface area contributed by atoms with Gasteiger partial charge in [0.1, 0.15) is 0 Å². The van der Waals surface area contributed by atoms with Crippen LogP contribution in [0.1, 0.15) is 32.3 Å². The molecule has 0 aromatic heterocycles. The lowest BCUT2D eigenvalue weighted by molar-refractivity contribution is -0.136. The van der Waals surface area contributed by atoms with E-state index < -0.39 is 17.9 Å². The van der Waals surface area contributed by atoms with Crippen LogP contribution in [0, 0.1) is 0 Å². The van der Waals surface area contributed by atoms with Gasteiger partial charge in [-0.25, -0.2) is 0 Å². The number of hydrogen-bond donors (Lipinski definition) is 3. The van der Waals surface area contributed by atoms with Crippen molar-refractivity contribution in [2.24, 2.45) is 0 Å². The minimum Gasteiger partial charge on any atom is -0.393 e. The molecule has 0 aliphatic heterocycles. The number of aryl methyl sites for hydroxylation is 1. The molecule has 0 aliphatic rings. The van der Waals surface area contributed by atoms with Gasteiger partial charge in [-0.15, -0.1) is 0 Å². The number of aliphatic hydroxyl groups is 1. The molecule has 5 heteroatoms. The predicted octanol–water partition coefficient (Wildman–Crippen LogP) is 1.46. The molecule has 1 aromatic rings. The SMILES string of the molecule is CCCc1ccccc1NC(=O)C(=O)NCCC(C)O. The van der Waals surface area contributed by atoms with Crippen LogP contribution >= 0.6 is 0 Å². The Labute approximate surface area is 119 Å². The second kappa shape index (κ2) is 8.32. The first-order valence-corrected chi connectivity index (χ1v) is 6.89. The third kappa shape index (κ3) is 5.40. The van der Waals surface area contributed by atoms with Crippen molar-refractivity contribution in [3.63, 3.8) is 0 Å². The normalized spacial score (nSPS) is 11.8. The van der Waals surface area contributed by atoms with Gasteiger partial charge < -0.3 is 15.7 Å². The molecule has 110 valence electrons. The summed E-state index contributed by atoms with van der Waals surface area (Å²) in [6.45, 7) is 3.97. The summed E-state index contributed by atoms with van der Waals surface area (Å²) in [5, 5.41) is 14.2. The van der Waals surface area contributed by atoms with Crippen molar-refractivity contribution < 1.29 is 14.7 Å². The standard InChI is InChI=1S/C15H22N2O3/c1-3-6-12-7-4-5-8-13(12)17-15(20)14(19)16-10-9-11(2)18/h4-5,7-8,11,18H,3,6,9-10H2,1-2H3,(H,16,19)(H,17,20). The van der Waals surface area contributed by atoms with E-state index in [1.54, 1.807) is 13.0 Å². The van der Waals surface area contributed by atoms with Crippen LogP contribution in [-0.2, 0) is 16.0 Å². The number of aliphatic hydroxyl groups excluding tert-OH is 1. The van der Waals surface area contributed by atoms with Crippen LogP contribution in [0.3, 0.4) is 0 Å². The van der Waals surface area contributed by atoms with Crippen LogP contribution in [0.15, 0.2) is 24.3 Å². The number of carbonyl (C=O) groups is 2. The molecular weight excluding hydrogens is 256 g/mol. The Hall–Kier alpha value is -1.88. The Bertz CT molecular complexity index is 458. The fourth-order valence-corrected chi connectivity index (χ4v) is 1.78. The van der Waals surface area contributed by atoms with Crippen LogP contribution in [0.4, 0.5) is 5.69 Å². The first-order valence-electron chi connectivity index (χ1n) is 6.89. The van der Waals surface area contributed by atoms with Gasteiger partial charge in [0.2, 0.25) is 0 Å². The molecule has 0 fully saturated rings. The summed E-state index contributed by atoms with van der Waals surface area (Å²) in [6, 6.07) is 7.44. The van der Waals surface area contributed by atoms with Gasteiger partial charge in [-0.05, 0) is 31.4 Å². The highest BCUT2D eigenvalue weighted by atomic mass is 16.3. The molecule has 0 saturated heterocycles. The first-order chi connectivity index (χ1) is 9.54. The highest BCUT2D eigenvalue weighted by Gasteiger charge is 2.14. The molecule has 20 heavy (non-hydrogen) atoms. The molecule has 0 radical (unpaired) electrons. The first kappa shape index (κ1) is 16.2. The molecule has 2 amide bonds. The highest BCUT2D eigenvalue weighted by molar-refractivity contribution is 6.39. The largest absolute Gasteiger partial charge is 0.393 e. The Morgan fingerprint density at radius 3 is 2.60 bits per heavy atom. The number of anilines is 1. The average Bonchev–Trinajstić information content (AvgIpc) is 2.40. The van der Waals surface area contributed by atoms with Gasteiger partial charge in [-0.2, -0.15) is 0 Å². The summed E-state index contributed by atoms with van der Waals surface area (Å²) >= 11 is 0. The topological polar surface area (TPSA) is 78.4 Å². The highest BCUT2D eigenvalue weighted by Crippen LogP contribution is 2.16. The maximum Gasteiger partial charge on any atom is 0.313 e. The van der Waals surface area contributed by atoms with Crippen molar-refractivity contribution in [2.75, 3.05) is 11.9 Å². The van der Waals surface area contributed by atoms with E-state index in [1.807, 2.05) is 18.2 Å². The molecule has 0 bridgehead atoms. The summed E-state index contributed by atoms with van der Waals surface area (Å²) < 4.78 is 0. The second-order valence-corrected chi connectivity index (χ2v) is 4.75. The van der Waals surface area contributed by atoms with Gasteiger partial charge in [0.25, 0.3) is 0 Å². The monoisotopic (exact) mass is 278 g/mol. The van der Waals surface area contributed by atoms with E-state index >= 15 is 0 Å². The van der Waals surface area contributed by atoms with Crippen LogP contribution in [0.25, 0.3) is 0 Å². The van der Waals surface area contributed by atoms with Gasteiger partial charge in [-0.3, -0.25) is 9.59 Å². The number of para-hydroxylation sites is 1. The predicted molar refractivity (Wildman–Crippen MR) is 78.4 cm³/mol. The molecule has 3 N–H and O–H groups in total. The molecule has 0 heterocycles. The summed E-state index contributed by atoms with van der Waals surface area (Å²) in [7, 11) is 0. The van der Waals surface area contributed by atoms with Crippen LogP contribution in [0.2, 0.25) is 0 Å². The van der Waals surface area contributed by atoms with Crippen LogP contribution in [-0.4, -0.2) is 29.6 Å². The van der Waals surface area contributed by atoms with Crippen molar-refractivity contribution >= 4 is 17.5 Å². The zero-order valence-corrected chi connectivity index (χ0v) is 12.0.